The summed E-state index contributed by atoms with van der Waals surface area (Å²) >= 11 is 1.34. The van der Waals surface area contributed by atoms with E-state index >= 15 is 0 Å². The van der Waals surface area contributed by atoms with E-state index < -0.39 is 0 Å². The molecular weight excluding hydrogens is 374 g/mol. The maximum Gasteiger partial charge on any atom is 0.233 e. The number of thioether (sulfide) groups is 1. The first-order valence-electron chi connectivity index (χ1n) is 9.67. The zero-order valence-corrected chi connectivity index (χ0v) is 17.8. The summed E-state index contributed by atoms with van der Waals surface area (Å²) in [6.07, 6.45) is 1.99. The second kappa shape index (κ2) is 8.43. The van der Waals surface area contributed by atoms with Crippen LogP contribution in [0.5, 0.6) is 5.75 Å². The first kappa shape index (κ1) is 20.5. The van der Waals surface area contributed by atoms with Gasteiger partial charge in [0.1, 0.15) is 5.75 Å². The van der Waals surface area contributed by atoms with Gasteiger partial charge in [0.2, 0.25) is 11.1 Å². The number of carbonyl (C=O) groups excluding carboxylic acids is 1. The van der Waals surface area contributed by atoms with Crippen molar-refractivity contribution < 1.29 is 9.53 Å². The molecule has 0 radical (unpaired) electrons. The fourth-order valence-electron chi connectivity index (χ4n) is 3.46. The number of benzene rings is 1. The highest BCUT2D eigenvalue weighted by Gasteiger charge is 2.30. The predicted molar refractivity (Wildman–Crippen MR) is 111 cm³/mol. The number of ether oxygens (including phenoxy) is 1. The number of hydrogen-bond acceptors (Lipinski definition) is 6. The van der Waals surface area contributed by atoms with Crippen molar-refractivity contribution in [2.75, 3.05) is 24.7 Å². The number of carbonyl (C=O) groups is 1. The van der Waals surface area contributed by atoms with Crippen molar-refractivity contribution in [3.8, 4) is 5.75 Å². The molecule has 1 saturated heterocycles. The molecule has 1 aliphatic heterocycles. The fraction of sp³-hybridized carbons (Fsp3) is 0.550. The molecule has 1 aromatic carbocycles. The van der Waals surface area contributed by atoms with Gasteiger partial charge in [0, 0.05) is 12.0 Å². The van der Waals surface area contributed by atoms with Gasteiger partial charge >= 0.3 is 0 Å². The van der Waals surface area contributed by atoms with E-state index in [-0.39, 0.29) is 17.4 Å². The lowest BCUT2D eigenvalue weighted by atomic mass is 9.96. The van der Waals surface area contributed by atoms with E-state index in [0.29, 0.717) is 23.3 Å². The summed E-state index contributed by atoms with van der Waals surface area (Å²) in [5, 5.41) is 8.89. The minimum atomic E-state index is -0.196. The van der Waals surface area contributed by atoms with Crippen LogP contribution in [-0.4, -0.2) is 44.6 Å². The van der Waals surface area contributed by atoms with Crippen molar-refractivity contribution in [3.05, 3.63) is 35.7 Å². The largest absolute Gasteiger partial charge is 0.494 e. The van der Waals surface area contributed by atoms with Crippen LogP contribution in [0, 0.1) is 0 Å². The highest BCUT2D eigenvalue weighted by Crippen LogP contribution is 2.33. The van der Waals surface area contributed by atoms with E-state index in [2.05, 4.69) is 22.3 Å². The summed E-state index contributed by atoms with van der Waals surface area (Å²) in [6.45, 7) is 9.49. The van der Waals surface area contributed by atoms with Crippen molar-refractivity contribution in [1.82, 2.24) is 19.8 Å². The number of rotatable bonds is 6. The van der Waals surface area contributed by atoms with Crippen molar-refractivity contribution in [2.45, 2.75) is 57.1 Å². The molecule has 2 aromatic rings. The molecule has 1 unspecified atom stereocenters. The zero-order chi connectivity index (χ0) is 20.3. The zero-order valence-electron chi connectivity index (χ0n) is 17.0. The number of amides is 1. The molecule has 0 spiro atoms. The average molecular weight is 404 g/mol. The third kappa shape index (κ3) is 4.43. The van der Waals surface area contributed by atoms with Crippen molar-refractivity contribution in [1.29, 1.82) is 0 Å². The molecule has 0 bridgehead atoms. The van der Waals surface area contributed by atoms with Crippen LogP contribution in [-0.2, 0) is 10.2 Å². The van der Waals surface area contributed by atoms with E-state index in [1.54, 1.807) is 0 Å². The van der Waals surface area contributed by atoms with Gasteiger partial charge in [0.15, 0.2) is 5.82 Å². The Kier molecular flexibility index (Phi) is 6.17. The van der Waals surface area contributed by atoms with Crippen LogP contribution >= 0.6 is 11.8 Å². The Morgan fingerprint density at radius 2 is 2.00 bits per heavy atom. The summed E-state index contributed by atoms with van der Waals surface area (Å²) in [7, 11) is 0. The lowest BCUT2D eigenvalue weighted by Crippen LogP contribution is -2.32. The van der Waals surface area contributed by atoms with Crippen molar-refractivity contribution >= 4 is 17.7 Å². The molecule has 2 heterocycles. The molecular formula is C20H29N5O2S. The second-order valence-electron chi connectivity index (χ2n) is 7.96. The monoisotopic (exact) mass is 403 g/mol. The van der Waals surface area contributed by atoms with E-state index in [1.807, 2.05) is 44.7 Å². The lowest BCUT2D eigenvalue weighted by molar-refractivity contribution is -0.129. The van der Waals surface area contributed by atoms with Crippen molar-refractivity contribution in [3.63, 3.8) is 0 Å². The molecule has 2 N–H and O–H groups in total. The Morgan fingerprint density at radius 3 is 2.61 bits per heavy atom. The van der Waals surface area contributed by atoms with E-state index in [1.165, 1.54) is 16.4 Å². The van der Waals surface area contributed by atoms with Gasteiger partial charge in [-0.1, -0.05) is 44.7 Å². The molecule has 1 aliphatic rings. The van der Waals surface area contributed by atoms with Crippen LogP contribution in [0.1, 0.15) is 58.0 Å². The van der Waals surface area contributed by atoms with Gasteiger partial charge in [-0.15, -0.1) is 10.2 Å². The predicted octanol–water partition coefficient (Wildman–Crippen LogP) is 3.14. The van der Waals surface area contributed by atoms with Gasteiger partial charge in [-0.3, -0.25) is 4.79 Å². The first-order valence-corrected chi connectivity index (χ1v) is 10.7. The molecule has 3 rings (SSSR count). The molecule has 8 heteroatoms. The quantitative estimate of drug-likeness (QED) is 0.589. The first-order chi connectivity index (χ1) is 13.3. The number of aromatic nitrogens is 3. The SMILES string of the molecule is CCOc1ccc(C2CCCN2C(=O)CSc2nnc(C(C)(C)C)n2N)cc1. The standard InChI is InChI=1S/C20H29N5O2S/c1-5-27-15-10-8-14(9-11-15)16-7-6-12-24(16)17(26)13-28-19-23-22-18(25(19)21)20(2,3)4/h8-11,16H,5-7,12-13,21H2,1-4H3. The minimum absolute atomic E-state index is 0.0988. The maximum atomic E-state index is 12.9. The molecule has 28 heavy (non-hydrogen) atoms. The van der Waals surface area contributed by atoms with Crippen LogP contribution in [0.2, 0.25) is 0 Å². The average Bonchev–Trinajstić information content (AvgIpc) is 3.27. The van der Waals surface area contributed by atoms with Crippen molar-refractivity contribution in [2.24, 2.45) is 0 Å². The molecule has 1 aromatic heterocycles. The van der Waals surface area contributed by atoms with Gasteiger partial charge < -0.3 is 15.5 Å². The third-order valence-corrected chi connectivity index (χ3v) is 5.74. The second-order valence-corrected chi connectivity index (χ2v) is 8.90. The van der Waals surface area contributed by atoms with Crippen LogP contribution in [0.3, 0.4) is 0 Å². The van der Waals surface area contributed by atoms with Crippen LogP contribution in [0.15, 0.2) is 29.4 Å². The van der Waals surface area contributed by atoms with Crippen LogP contribution < -0.4 is 10.6 Å². The Morgan fingerprint density at radius 1 is 1.29 bits per heavy atom. The smallest absolute Gasteiger partial charge is 0.233 e. The number of hydrogen-bond donors (Lipinski definition) is 1. The normalized spacial score (nSPS) is 17.1. The van der Waals surface area contributed by atoms with E-state index in [4.69, 9.17) is 10.6 Å². The van der Waals surface area contributed by atoms with E-state index in [9.17, 15) is 4.79 Å². The summed E-state index contributed by atoms with van der Waals surface area (Å²) in [4.78, 5) is 14.8. The number of nitrogens with zero attached hydrogens (tertiary/aromatic N) is 4. The van der Waals surface area contributed by atoms with Gasteiger partial charge in [-0.05, 0) is 37.5 Å². The Balaban J connectivity index is 1.64. The molecule has 152 valence electrons. The highest BCUT2D eigenvalue weighted by molar-refractivity contribution is 7.99. The van der Waals surface area contributed by atoms with E-state index in [0.717, 1.165) is 30.7 Å². The van der Waals surface area contributed by atoms with Gasteiger partial charge in [0.05, 0.1) is 18.4 Å². The molecule has 1 atom stereocenters. The Labute approximate surface area is 170 Å². The molecule has 0 aliphatic carbocycles. The highest BCUT2D eigenvalue weighted by atomic mass is 32.2. The Hall–Kier alpha value is -2.22. The van der Waals surface area contributed by atoms with Crippen LogP contribution in [0.25, 0.3) is 0 Å². The number of nitrogen functional groups attached to an aromatic ring is 1. The molecule has 7 nitrogen and oxygen atoms in total. The summed E-state index contributed by atoms with van der Waals surface area (Å²) in [5.41, 5.74) is 0.953. The molecule has 0 saturated carbocycles. The summed E-state index contributed by atoms with van der Waals surface area (Å²) in [5.74, 6) is 8.08. The summed E-state index contributed by atoms with van der Waals surface area (Å²) < 4.78 is 7.00. The molecule has 1 fully saturated rings. The molecule has 1 amide bonds. The topological polar surface area (TPSA) is 86.3 Å². The van der Waals surface area contributed by atoms with Gasteiger partial charge in [-0.25, -0.2) is 4.68 Å². The fourth-order valence-corrected chi connectivity index (χ4v) is 4.20. The number of nitrogens with two attached hydrogens (primary N) is 1. The summed E-state index contributed by atoms with van der Waals surface area (Å²) in [6, 6.07) is 8.17. The van der Waals surface area contributed by atoms with Gasteiger partial charge in [-0.2, -0.15) is 0 Å². The van der Waals surface area contributed by atoms with Gasteiger partial charge in [0.25, 0.3) is 0 Å². The third-order valence-electron chi connectivity index (χ3n) is 4.81. The minimum Gasteiger partial charge on any atom is -0.494 e. The van der Waals surface area contributed by atoms with Crippen LogP contribution in [0.4, 0.5) is 0 Å². The Bertz CT molecular complexity index is 813. The number of likely N-dealkylation sites (tertiary alicyclic amines) is 1. The lowest BCUT2D eigenvalue weighted by Gasteiger charge is -2.25. The maximum absolute atomic E-state index is 12.9.